The summed E-state index contributed by atoms with van der Waals surface area (Å²) in [6.45, 7) is 41.6. The predicted octanol–water partition coefficient (Wildman–Crippen LogP) is 12.5. The molecule has 18 heteroatoms. The number of unbranched alkanes of at least 4 members (excludes halogenated alkanes) is 1. The molecular formula is C63H117NO14Si3. The van der Waals surface area contributed by atoms with Crippen LogP contribution in [0.2, 0.25) is 40.3 Å². The number of carbonyl (C=O) groups excluding carboxylic acids is 2. The molecule has 0 spiro atoms. The highest BCUT2D eigenvalue weighted by molar-refractivity contribution is 6.84. The fourth-order valence-corrected chi connectivity index (χ4v) is 26.1. The van der Waals surface area contributed by atoms with Gasteiger partial charge in [-0.05, 0) is 142 Å². The Kier molecular flexibility index (Phi) is 27.3. The molecule has 0 radical (unpaired) electrons. The molecule has 2 unspecified atom stereocenters. The molecule has 1 aliphatic carbocycles. The standard InChI is InChI=1S/C63H117NO14Si3/c1-23-49-33-43(10)32-44(11)34-55(71-19)58-56(72-20)36-46(13)63(69,74-58)59(66)60(67)64-50(28-26-24-25-27-31-65)61(68)73-57(45(12)35-48-29-30-51(54(37-48)70-18)75-79(21,22)62(15,16)17)47(14)52-38-53(49)77-81(41(6)7,42(8)9)78-80(76-52,39(2)3)40(4)5/h25,27,33,35,39-42,44,46-59,65-66,69H,23-24,26,28-32,34,36-38H2,1-22H3,(H,64,67)/b27-25+,43-33+,45-35+/t44-,46+,47+,48-,49+,50-,51+,52+,53-,54+,55?,56-,57+,58+,59?,63+/m0/s1. The number of methoxy groups -OCH3 is 3. The minimum absolute atomic E-state index is 0.0209. The fourth-order valence-electron chi connectivity index (χ4n) is 13.3. The summed E-state index contributed by atoms with van der Waals surface area (Å²) in [5, 5.41) is 37.0. The molecular weight excluding hydrogens is 1080 g/mol. The summed E-state index contributed by atoms with van der Waals surface area (Å²) < 4.78 is 62.7. The van der Waals surface area contributed by atoms with Crippen LogP contribution in [0, 0.1) is 29.6 Å². The summed E-state index contributed by atoms with van der Waals surface area (Å²) in [5.41, 5.74) is 2.36. The monoisotopic (exact) mass is 1200 g/mol. The summed E-state index contributed by atoms with van der Waals surface area (Å²) in [5.74, 6) is -5.09. The summed E-state index contributed by atoms with van der Waals surface area (Å²) in [4.78, 5) is 30.1. The Labute approximate surface area is 494 Å². The Morgan fingerprint density at radius 2 is 1.41 bits per heavy atom. The molecule has 470 valence electrons. The van der Waals surface area contributed by atoms with E-state index in [1.54, 1.807) is 34.3 Å². The highest BCUT2D eigenvalue weighted by atomic mass is 28.5. The molecule has 4 rings (SSSR count). The van der Waals surface area contributed by atoms with Crippen LogP contribution in [0.15, 0.2) is 35.5 Å². The first-order chi connectivity index (χ1) is 37.7. The first-order valence-electron chi connectivity index (χ1n) is 31.2. The smallest absolute Gasteiger partial charge is 0.334 e. The Balaban J connectivity index is 2.03. The molecule has 0 aromatic heterocycles. The summed E-state index contributed by atoms with van der Waals surface area (Å²) in [6.07, 6.45) is 8.59. The van der Waals surface area contributed by atoms with Crippen LogP contribution in [0.1, 0.15) is 188 Å². The Bertz CT molecular complexity index is 2040. The van der Waals surface area contributed by atoms with E-state index in [9.17, 15) is 20.1 Å². The van der Waals surface area contributed by atoms with E-state index in [4.69, 9.17) is 41.1 Å². The van der Waals surface area contributed by atoms with Gasteiger partial charge in [0.05, 0.1) is 43.2 Å². The van der Waals surface area contributed by atoms with Crippen molar-refractivity contribution in [2.24, 2.45) is 29.6 Å². The summed E-state index contributed by atoms with van der Waals surface area (Å²) in [7, 11) is -3.46. The van der Waals surface area contributed by atoms with E-state index >= 15 is 4.79 Å². The maximum atomic E-state index is 15.4. The predicted molar refractivity (Wildman–Crippen MR) is 330 cm³/mol. The molecule has 0 aromatic rings. The number of hydrogen-bond donors (Lipinski definition) is 4. The molecule has 3 heterocycles. The number of esters is 1. The van der Waals surface area contributed by atoms with Crippen molar-refractivity contribution >= 4 is 37.3 Å². The quantitative estimate of drug-likeness (QED) is 0.0466. The number of nitrogens with one attached hydrogen (secondary N) is 1. The van der Waals surface area contributed by atoms with Crippen LogP contribution in [0.25, 0.3) is 0 Å². The number of hydrogen-bond acceptors (Lipinski definition) is 14. The third kappa shape index (κ3) is 17.6. The zero-order valence-electron chi connectivity index (χ0n) is 54.6. The molecule has 1 saturated carbocycles. The Morgan fingerprint density at radius 1 is 0.840 bits per heavy atom. The van der Waals surface area contributed by atoms with Crippen molar-refractivity contribution in [1.29, 1.82) is 0 Å². The zero-order chi connectivity index (χ0) is 61.2. The molecule has 16 atom stereocenters. The Morgan fingerprint density at radius 3 is 1.94 bits per heavy atom. The van der Waals surface area contributed by atoms with E-state index in [0.29, 0.717) is 25.7 Å². The van der Waals surface area contributed by atoms with Gasteiger partial charge in [-0.1, -0.05) is 134 Å². The maximum absolute atomic E-state index is 15.4. The van der Waals surface area contributed by atoms with Crippen LogP contribution in [-0.2, 0) is 50.7 Å². The first-order valence-corrected chi connectivity index (χ1v) is 38.1. The second-order valence-corrected chi connectivity index (χ2v) is 41.3. The number of ether oxygens (including phenoxy) is 5. The summed E-state index contributed by atoms with van der Waals surface area (Å²) in [6, 6.07) is -1.25. The number of aliphatic hydroxyl groups excluding tert-OH is 2. The number of aliphatic hydroxyl groups is 3. The lowest BCUT2D eigenvalue weighted by Crippen LogP contribution is -2.66. The van der Waals surface area contributed by atoms with Crippen LogP contribution in [0.5, 0.6) is 0 Å². The molecule has 1 amide bonds. The van der Waals surface area contributed by atoms with Crippen LogP contribution in [0.4, 0.5) is 0 Å². The fraction of sp³-hybridized carbons (Fsp3) is 0.873. The number of carbonyl (C=O) groups is 2. The number of cyclic esters (lactones) is 1. The third-order valence-electron chi connectivity index (χ3n) is 19.3. The van der Waals surface area contributed by atoms with Gasteiger partial charge < -0.3 is 61.7 Å². The minimum Gasteiger partial charge on any atom is -0.456 e. The van der Waals surface area contributed by atoms with Gasteiger partial charge >= 0.3 is 23.1 Å². The lowest BCUT2D eigenvalue weighted by Gasteiger charge is -2.54. The average Bonchev–Trinajstić information content (AvgIpc) is 3.44. The van der Waals surface area contributed by atoms with Gasteiger partial charge in [0.1, 0.15) is 18.2 Å². The molecule has 4 N–H and O–H groups in total. The normalized spacial score (nSPS) is 36.4. The van der Waals surface area contributed by atoms with E-state index in [-0.39, 0.29) is 82.7 Å². The van der Waals surface area contributed by atoms with Gasteiger partial charge in [0.15, 0.2) is 14.4 Å². The Hall–Kier alpha value is -1.63. The van der Waals surface area contributed by atoms with E-state index in [1.807, 2.05) is 13.0 Å². The van der Waals surface area contributed by atoms with E-state index in [2.05, 4.69) is 134 Å². The zero-order valence-corrected chi connectivity index (χ0v) is 57.6. The minimum atomic E-state index is -3.22. The number of allylic oxidation sites excluding steroid dienone is 3. The second kappa shape index (κ2) is 30.8. The highest BCUT2D eigenvalue weighted by Crippen LogP contribution is 2.50. The van der Waals surface area contributed by atoms with Crippen molar-refractivity contribution in [3.63, 3.8) is 0 Å². The maximum Gasteiger partial charge on any atom is 0.334 e. The van der Waals surface area contributed by atoms with E-state index < -0.39 is 97.6 Å². The third-order valence-corrected chi connectivity index (χ3v) is 34.2. The average molecular weight is 1200 g/mol. The van der Waals surface area contributed by atoms with Gasteiger partial charge in [0.25, 0.3) is 5.91 Å². The van der Waals surface area contributed by atoms with Gasteiger partial charge in [-0.3, -0.25) is 4.79 Å². The number of rotatable bonds is 17. The second-order valence-electron chi connectivity index (χ2n) is 27.8. The van der Waals surface area contributed by atoms with Crippen LogP contribution >= 0.6 is 0 Å². The number of fused-ring (bicyclic) bond motifs is 4. The number of amides is 1. The molecule has 3 aliphatic heterocycles. The molecule has 4 bridgehead atoms. The van der Waals surface area contributed by atoms with Crippen molar-refractivity contribution in [1.82, 2.24) is 5.32 Å². The van der Waals surface area contributed by atoms with Gasteiger partial charge in [-0.15, -0.1) is 0 Å². The van der Waals surface area contributed by atoms with Crippen molar-refractivity contribution in [2.45, 2.75) is 295 Å². The molecule has 2 saturated heterocycles. The SMILES string of the molecule is CC[C@@H]1/C=C(\C)C[C@H](C)CC(OC)[C@H]2O[C@@](O)(C(O)C(=O)N[C@@H](CCC/C=C/CO)C(=O)O[C@H](/C(C)=C/[C@@H]3CC[C@@H](O[Si](C)(C)C(C)(C)C)[C@H](OC)C3)[C@H](C)[C@H]3C[C@@H]1O[Si](C(C)C)(C(C)C)O[Si](C(C)C)(C(C)C)O3)[C@H](C)C[C@@H]2OC. The first kappa shape index (κ1) is 71.8. The van der Waals surface area contributed by atoms with Crippen molar-refractivity contribution in [2.75, 3.05) is 27.9 Å². The van der Waals surface area contributed by atoms with Crippen molar-refractivity contribution < 1.29 is 66.0 Å². The lowest BCUT2D eigenvalue weighted by atomic mass is 9.81. The van der Waals surface area contributed by atoms with E-state index in [1.165, 1.54) is 5.57 Å². The largest absolute Gasteiger partial charge is 0.456 e. The molecule has 81 heavy (non-hydrogen) atoms. The molecule has 0 aromatic carbocycles. The lowest BCUT2D eigenvalue weighted by molar-refractivity contribution is -0.345. The topological polar surface area (TPSA) is 190 Å². The summed E-state index contributed by atoms with van der Waals surface area (Å²) >= 11 is 0. The molecule has 15 nitrogen and oxygen atoms in total. The van der Waals surface area contributed by atoms with E-state index in [0.717, 1.165) is 37.7 Å². The van der Waals surface area contributed by atoms with Gasteiger partial charge in [0, 0.05) is 39.1 Å². The van der Waals surface area contributed by atoms with Gasteiger partial charge in [-0.2, -0.15) is 0 Å². The van der Waals surface area contributed by atoms with Gasteiger partial charge in [-0.25, -0.2) is 4.79 Å². The highest BCUT2D eigenvalue weighted by Gasteiger charge is 2.61. The van der Waals surface area contributed by atoms with Gasteiger partial charge in [0.2, 0.25) is 5.79 Å². The van der Waals surface area contributed by atoms with Crippen molar-refractivity contribution in [3.05, 3.63) is 35.5 Å². The molecule has 4 aliphatic rings. The molecule has 3 fully saturated rings. The van der Waals surface area contributed by atoms with Crippen LogP contribution < -0.4 is 5.32 Å². The van der Waals surface area contributed by atoms with Crippen LogP contribution in [-0.4, -0.2) is 147 Å². The van der Waals surface area contributed by atoms with Crippen molar-refractivity contribution in [3.8, 4) is 0 Å². The van der Waals surface area contributed by atoms with Crippen LogP contribution in [0.3, 0.4) is 0 Å².